The van der Waals surface area contributed by atoms with Crippen molar-refractivity contribution < 1.29 is 32.2 Å². The van der Waals surface area contributed by atoms with Crippen LogP contribution in [0.2, 0.25) is 0 Å². The highest BCUT2D eigenvalue weighted by atomic mass is 19.4. The number of piperidine rings is 1. The van der Waals surface area contributed by atoms with Crippen molar-refractivity contribution in [1.82, 2.24) is 9.80 Å². The van der Waals surface area contributed by atoms with Gasteiger partial charge in [-0.25, -0.2) is 4.39 Å². The highest BCUT2D eigenvalue weighted by Crippen LogP contribution is 2.32. The molecule has 0 unspecified atom stereocenters. The first-order valence-electron chi connectivity index (χ1n) is 10.3. The van der Waals surface area contributed by atoms with Crippen molar-refractivity contribution in [2.75, 3.05) is 39.4 Å². The van der Waals surface area contributed by atoms with Gasteiger partial charge in [-0.3, -0.25) is 9.69 Å². The largest absolute Gasteiger partial charge is 0.396 e. The molecule has 168 valence electrons. The molecule has 9 heteroatoms. The molecular weight excluding hydrogens is 404 g/mol. The summed E-state index contributed by atoms with van der Waals surface area (Å²) in [6, 6.07) is 6.41. The molecule has 1 N–H and O–H groups in total. The Balaban J connectivity index is 1.48. The molecule has 30 heavy (non-hydrogen) atoms. The van der Waals surface area contributed by atoms with Gasteiger partial charge in [0.2, 0.25) is 5.91 Å². The zero-order valence-electron chi connectivity index (χ0n) is 16.8. The van der Waals surface area contributed by atoms with Crippen LogP contribution >= 0.6 is 0 Å². The number of carbonyl (C=O) groups is 1. The fraction of sp³-hybridized carbons (Fsp3) is 0.667. The number of halogens is 4. The summed E-state index contributed by atoms with van der Waals surface area (Å²) in [5.41, 5.74) is 0.651. The average molecular weight is 432 g/mol. The van der Waals surface area contributed by atoms with Gasteiger partial charge in [0.25, 0.3) is 0 Å². The summed E-state index contributed by atoms with van der Waals surface area (Å²) in [6.07, 6.45) is -3.87. The minimum Gasteiger partial charge on any atom is -0.396 e. The third-order valence-electron chi connectivity index (χ3n) is 6.06. The Hall–Kier alpha value is -1.71. The lowest BCUT2D eigenvalue weighted by Gasteiger charge is -2.47. The standard InChI is InChI=1S/C21H28F4N2O3/c22-18-4-1-16(2-5-18)13-26-11-12-30-20(15-26)7-9-27(10-8-20)19(29)6-3-17(14-28)21(23,24)25/h1-2,4-5,17,28H,3,6-15H2/t17-/m1/s1. The number of aliphatic hydroxyl groups is 1. The third-order valence-corrected chi connectivity index (χ3v) is 6.06. The van der Waals surface area contributed by atoms with Gasteiger partial charge in [0.15, 0.2) is 0 Å². The average Bonchev–Trinajstić information content (AvgIpc) is 2.70. The molecule has 3 rings (SSSR count). The molecule has 2 saturated heterocycles. The lowest BCUT2D eigenvalue weighted by Crippen LogP contribution is -2.57. The Labute approximate surface area is 173 Å². The van der Waals surface area contributed by atoms with Crippen molar-refractivity contribution in [3.8, 4) is 0 Å². The monoisotopic (exact) mass is 432 g/mol. The predicted molar refractivity (Wildman–Crippen MR) is 102 cm³/mol. The number of amides is 1. The van der Waals surface area contributed by atoms with Crippen molar-refractivity contribution in [2.24, 2.45) is 5.92 Å². The molecule has 1 atom stereocenters. The van der Waals surface area contributed by atoms with Crippen LogP contribution in [-0.2, 0) is 16.1 Å². The molecule has 1 aromatic rings. The summed E-state index contributed by atoms with van der Waals surface area (Å²) < 4.78 is 57.4. The fourth-order valence-electron chi connectivity index (χ4n) is 4.19. The summed E-state index contributed by atoms with van der Waals surface area (Å²) in [4.78, 5) is 16.2. The van der Waals surface area contributed by atoms with Gasteiger partial charge >= 0.3 is 6.18 Å². The van der Waals surface area contributed by atoms with E-state index in [4.69, 9.17) is 9.84 Å². The number of benzene rings is 1. The molecule has 1 spiro atoms. The number of carbonyl (C=O) groups excluding carboxylic acids is 1. The lowest BCUT2D eigenvalue weighted by molar-refractivity contribution is -0.186. The van der Waals surface area contributed by atoms with Gasteiger partial charge in [0.1, 0.15) is 5.82 Å². The van der Waals surface area contributed by atoms with Gasteiger partial charge in [0, 0.05) is 39.1 Å². The van der Waals surface area contributed by atoms with E-state index in [1.165, 1.54) is 12.1 Å². The normalized spacial score (nSPS) is 21.0. The highest BCUT2D eigenvalue weighted by molar-refractivity contribution is 5.76. The van der Waals surface area contributed by atoms with Crippen LogP contribution in [0.1, 0.15) is 31.2 Å². The van der Waals surface area contributed by atoms with Crippen LogP contribution in [0.4, 0.5) is 17.6 Å². The predicted octanol–water partition coefficient (Wildman–Crippen LogP) is 2.97. The topological polar surface area (TPSA) is 53.0 Å². The van der Waals surface area contributed by atoms with E-state index in [0.29, 0.717) is 45.6 Å². The van der Waals surface area contributed by atoms with E-state index in [0.717, 1.165) is 12.1 Å². The van der Waals surface area contributed by atoms with Gasteiger partial charge in [-0.05, 0) is 37.0 Å². The summed E-state index contributed by atoms with van der Waals surface area (Å²) >= 11 is 0. The quantitative estimate of drug-likeness (QED) is 0.703. The highest BCUT2D eigenvalue weighted by Gasteiger charge is 2.42. The van der Waals surface area contributed by atoms with Crippen LogP contribution in [0, 0.1) is 11.7 Å². The molecule has 0 saturated carbocycles. The maximum atomic E-state index is 13.1. The number of ether oxygens (including phenoxy) is 1. The molecule has 0 aliphatic carbocycles. The Bertz CT molecular complexity index is 703. The van der Waals surface area contributed by atoms with E-state index < -0.39 is 25.1 Å². The van der Waals surface area contributed by atoms with Crippen LogP contribution < -0.4 is 0 Å². The summed E-state index contributed by atoms with van der Waals surface area (Å²) in [7, 11) is 0. The van der Waals surface area contributed by atoms with E-state index in [1.807, 2.05) is 0 Å². The number of morpholine rings is 1. The molecule has 0 aromatic heterocycles. The van der Waals surface area contributed by atoms with Gasteiger partial charge in [-0.15, -0.1) is 0 Å². The molecule has 2 aliphatic rings. The molecule has 2 heterocycles. The Morgan fingerprint density at radius 2 is 1.83 bits per heavy atom. The molecule has 5 nitrogen and oxygen atoms in total. The van der Waals surface area contributed by atoms with E-state index in [-0.39, 0.29) is 23.7 Å². The molecule has 2 fully saturated rings. The zero-order valence-corrected chi connectivity index (χ0v) is 16.8. The maximum Gasteiger partial charge on any atom is 0.394 e. The van der Waals surface area contributed by atoms with E-state index in [2.05, 4.69) is 4.90 Å². The molecule has 0 bridgehead atoms. The SMILES string of the molecule is O=C(CC[C@H](CO)C(F)(F)F)N1CCC2(CC1)CN(Cc1ccc(F)cc1)CCO2. The van der Waals surface area contributed by atoms with Gasteiger partial charge in [-0.2, -0.15) is 13.2 Å². The molecule has 0 radical (unpaired) electrons. The zero-order chi connectivity index (χ0) is 21.8. The smallest absolute Gasteiger partial charge is 0.394 e. The second-order valence-electron chi connectivity index (χ2n) is 8.21. The van der Waals surface area contributed by atoms with Gasteiger partial charge in [0.05, 0.1) is 24.7 Å². The number of likely N-dealkylation sites (tertiary alicyclic amines) is 1. The number of alkyl halides is 3. The third kappa shape index (κ3) is 5.92. The van der Waals surface area contributed by atoms with E-state index in [9.17, 15) is 22.4 Å². The van der Waals surface area contributed by atoms with Crippen LogP contribution in [0.5, 0.6) is 0 Å². The first-order chi connectivity index (χ1) is 14.2. The summed E-state index contributed by atoms with van der Waals surface area (Å²) in [5.74, 6) is -2.44. The Morgan fingerprint density at radius 3 is 2.43 bits per heavy atom. The van der Waals surface area contributed by atoms with Crippen LogP contribution in [0.3, 0.4) is 0 Å². The van der Waals surface area contributed by atoms with Crippen molar-refractivity contribution >= 4 is 5.91 Å². The Kier molecular flexibility index (Phi) is 7.36. The minimum atomic E-state index is -4.50. The molecule has 2 aliphatic heterocycles. The summed E-state index contributed by atoms with van der Waals surface area (Å²) in [5, 5.41) is 8.91. The lowest BCUT2D eigenvalue weighted by atomic mass is 9.88. The number of nitrogens with zero attached hydrogens (tertiary/aromatic N) is 2. The first-order valence-corrected chi connectivity index (χ1v) is 10.3. The minimum absolute atomic E-state index is 0.227. The number of hydrogen-bond acceptors (Lipinski definition) is 4. The number of rotatable bonds is 6. The van der Waals surface area contributed by atoms with Crippen molar-refractivity contribution in [3.05, 3.63) is 35.6 Å². The van der Waals surface area contributed by atoms with Gasteiger partial charge in [-0.1, -0.05) is 12.1 Å². The van der Waals surface area contributed by atoms with Crippen LogP contribution in [-0.4, -0.2) is 72.0 Å². The fourth-order valence-corrected chi connectivity index (χ4v) is 4.19. The van der Waals surface area contributed by atoms with Gasteiger partial charge < -0.3 is 14.7 Å². The Morgan fingerprint density at radius 1 is 1.17 bits per heavy atom. The molecular formula is C21H28F4N2O3. The van der Waals surface area contributed by atoms with Crippen molar-refractivity contribution in [3.63, 3.8) is 0 Å². The van der Waals surface area contributed by atoms with E-state index in [1.54, 1.807) is 17.0 Å². The second-order valence-corrected chi connectivity index (χ2v) is 8.21. The second kappa shape index (κ2) is 9.62. The number of hydrogen-bond donors (Lipinski definition) is 1. The number of aliphatic hydroxyl groups excluding tert-OH is 1. The van der Waals surface area contributed by atoms with Crippen LogP contribution in [0.25, 0.3) is 0 Å². The first kappa shape index (κ1) is 23.0. The van der Waals surface area contributed by atoms with Crippen molar-refractivity contribution in [1.29, 1.82) is 0 Å². The van der Waals surface area contributed by atoms with Crippen LogP contribution in [0.15, 0.2) is 24.3 Å². The van der Waals surface area contributed by atoms with Crippen molar-refractivity contribution in [2.45, 2.75) is 44.0 Å². The van der Waals surface area contributed by atoms with E-state index >= 15 is 0 Å². The molecule has 1 aromatic carbocycles. The molecule has 1 amide bonds. The maximum absolute atomic E-state index is 13.1. The summed E-state index contributed by atoms with van der Waals surface area (Å²) in [6.45, 7) is 2.61.